The number of rotatable bonds is 9. The van der Waals surface area contributed by atoms with Gasteiger partial charge in [-0.2, -0.15) is 0 Å². The molecule has 35 heavy (non-hydrogen) atoms. The first-order chi connectivity index (χ1) is 15.5. The van der Waals surface area contributed by atoms with E-state index >= 15 is 0 Å². The summed E-state index contributed by atoms with van der Waals surface area (Å²) in [5, 5.41) is 11.3. The zero-order valence-corrected chi connectivity index (χ0v) is 26.8. The van der Waals surface area contributed by atoms with Crippen LogP contribution in [0.3, 0.4) is 0 Å². The maximum absolute atomic E-state index is 12.3. The predicted octanol–water partition coefficient (Wildman–Crippen LogP) is 7.72. The number of aliphatic hydroxyl groups excluding tert-OH is 1. The van der Waals surface area contributed by atoms with Crippen LogP contribution in [-0.2, 0) is 13.6 Å². The Morgan fingerprint density at radius 2 is 1.31 bits per heavy atom. The summed E-state index contributed by atoms with van der Waals surface area (Å²) in [6.07, 6.45) is -0.974. The summed E-state index contributed by atoms with van der Waals surface area (Å²) in [5.41, 5.74) is 0.388. The van der Waals surface area contributed by atoms with Crippen LogP contribution in [0.4, 0.5) is 0 Å². The van der Waals surface area contributed by atoms with E-state index in [1.54, 1.807) is 0 Å². The largest absolute Gasteiger partial charge is 0.426 e. The fourth-order valence-electron chi connectivity index (χ4n) is 2.82. The van der Waals surface area contributed by atoms with Crippen LogP contribution >= 0.6 is 0 Å². The van der Waals surface area contributed by atoms with E-state index in [1.807, 2.05) is 52.0 Å². The molecule has 7 heteroatoms. The molecule has 0 radical (unpaired) electrons. The first kappa shape index (κ1) is 32.0. The summed E-state index contributed by atoms with van der Waals surface area (Å²) in [4.78, 5) is 12.3. The van der Waals surface area contributed by atoms with Crippen molar-refractivity contribution in [1.82, 2.24) is 0 Å². The number of carbonyl (C=O) groups excluding carboxylic acids is 1. The van der Waals surface area contributed by atoms with Crippen LogP contribution in [0.2, 0.25) is 36.3 Å². The van der Waals surface area contributed by atoms with Crippen LogP contribution in [-0.4, -0.2) is 40.4 Å². The van der Waals surface area contributed by atoms with Crippen LogP contribution in [0.15, 0.2) is 24.3 Å². The predicted molar refractivity (Wildman–Crippen MR) is 151 cm³/mol. The second-order valence-corrected chi connectivity index (χ2v) is 23.6. The summed E-state index contributed by atoms with van der Waals surface area (Å²) in [5.74, 6) is 0.0528. The van der Waals surface area contributed by atoms with Gasteiger partial charge in [0, 0.05) is 5.92 Å². The molecular formula is C28H52O5Si2. The molecule has 0 fully saturated rings. The molecule has 0 heterocycles. The van der Waals surface area contributed by atoms with Crippen molar-refractivity contribution in [3.63, 3.8) is 0 Å². The van der Waals surface area contributed by atoms with Gasteiger partial charge >= 0.3 is 5.97 Å². The van der Waals surface area contributed by atoms with E-state index in [4.69, 9.17) is 13.6 Å². The topological polar surface area (TPSA) is 65.0 Å². The van der Waals surface area contributed by atoms with Crippen molar-refractivity contribution in [1.29, 1.82) is 0 Å². The molecule has 0 saturated carbocycles. The third-order valence-corrected chi connectivity index (χ3v) is 16.7. The molecule has 202 valence electrons. The number of esters is 1. The smallest absolute Gasteiger partial charge is 0.316 e. The summed E-state index contributed by atoms with van der Waals surface area (Å²) in [6.45, 7) is 29.9. The molecule has 0 aliphatic carbocycles. The summed E-state index contributed by atoms with van der Waals surface area (Å²) >= 11 is 0. The summed E-state index contributed by atoms with van der Waals surface area (Å²) < 4.78 is 18.8. The average molecular weight is 525 g/mol. The van der Waals surface area contributed by atoms with Gasteiger partial charge in [-0.3, -0.25) is 4.79 Å². The van der Waals surface area contributed by atoms with E-state index in [0.29, 0.717) is 5.75 Å². The van der Waals surface area contributed by atoms with Crippen LogP contribution in [0, 0.1) is 11.3 Å². The zero-order chi connectivity index (χ0) is 27.6. The van der Waals surface area contributed by atoms with Crippen molar-refractivity contribution in [2.45, 2.75) is 118 Å². The lowest BCUT2D eigenvalue weighted by Crippen LogP contribution is -2.46. The summed E-state index contributed by atoms with van der Waals surface area (Å²) in [7, 11) is -4.13. The highest BCUT2D eigenvalue weighted by atomic mass is 28.4. The third kappa shape index (κ3) is 8.81. The van der Waals surface area contributed by atoms with Crippen molar-refractivity contribution >= 4 is 22.6 Å². The molecule has 0 saturated heterocycles. The number of ether oxygens (including phenoxy) is 1. The normalized spacial score (nSPS) is 16.5. The van der Waals surface area contributed by atoms with Gasteiger partial charge in [0.15, 0.2) is 16.6 Å². The number of benzene rings is 1. The van der Waals surface area contributed by atoms with Crippen molar-refractivity contribution in [2.24, 2.45) is 11.3 Å². The SMILES string of the molecule is C[C@@H]([C@H](O)CO[Si](C)(C)C(C)(C)C)[C@H](O[Si](C)(C)C(C)(C)C)c1ccc(OC(=O)C(C)(C)C)cc1. The highest BCUT2D eigenvalue weighted by Gasteiger charge is 2.42. The van der Waals surface area contributed by atoms with Gasteiger partial charge in [0.2, 0.25) is 0 Å². The first-order valence-corrected chi connectivity index (χ1v) is 18.6. The highest BCUT2D eigenvalue weighted by Crippen LogP contribution is 2.43. The Kier molecular flexibility index (Phi) is 10.2. The quantitative estimate of drug-likeness (QED) is 0.203. The molecular weight excluding hydrogens is 472 g/mol. The number of hydrogen-bond donors (Lipinski definition) is 1. The van der Waals surface area contributed by atoms with Gasteiger partial charge < -0.3 is 18.7 Å². The maximum atomic E-state index is 12.3. The second-order valence-electron chi connectivity index (χ2n) is 14.0. The van der Waals surface area contributed by atoms with E-state index in [-0.39, 0.29) is 34.7 Å². The second kappa shape index (κ2) is 11.2. The van der Waals surface area contributed by atoms with Gasteiger partial charge in [-0.25, -0.2) is 0 Å². The van der Waals surface area contributed by atoms with Gasteiger partial charge in [0.1, 0.15) is 5.75 Å². The van der Waals surface area contributed by atoms with E-state index in [9.17, 15) is 9.90 Å². The highest BCUT2D eigenvalue weighted by molar-refractivity contribution is 6.74. The van der Waals surface area contributed by atoms with Crippen LogP contribution < -0.4 is 4.74 Å². The molecule has 3 atom stereocenters. The number of aliphatic hydroxyl groups is 1. The van der Waals surface area contributed by atoms with Crippen molar-refractivity contribution in [3.8, 4) is 5.75 Å². The average Bonchev–Trinajstić information content (AvgIpc) is 2.68. The fraction of sp³-hybridized carbons (Fsp3) is 0.750. The van der Waals surface area contributed by atoms with E-state index in [0.717, 1.165) is 5.56 Å². The lowest BCUT2D eigenvalue weighted by molar-refractivity contribution is -0.143. The van der Waals surface area contributed by atoms with E-state index in [2.05, 4.69) is 67.7 Å². The Hall–Kier alpha value is -0.996. The molecule has 1 aromatic carbocycles. The molecule has 0 spiro atoms. The van der Waals surface area contributed by atoms with Gasteiger partial charge in [-0.05, 0) is 74.7 Å². The minimum atomic E-state index is -2.14. The first-order valence-electron chi connectivity index (χ1n) is 12.8. The molecule has 0 aliphatic rings. The van der Waals surface area contributed by atoms with E-state index < -0.39 is 28.2 Å². The molecule has 5 nitrogen and oxygen atoms in total. The fourth-order valence-corrected chi connectivity index (χ4v) is 5.18. The monoisotopic (exact) mass is 524 g/mol. The van der Waals surface area contributed by atoms with E-state index in [1.165, 1.54) is 0 Å². The van der Waals surface area contributed by atoms with Crippen molar-refractivity contribution < 1.29 is 23.5 Å². The molecule has 1 aromatic rings. The zero-order valence-electron chi connectivity index (χ0n) is 24.8. The molecule has 0 aromatic heterocycles. The van der Waals surface area contributed by atoms with Crippen molar-refractivity contribution in [3.05, 3.63) is 29.8 Å². The van der Waals surface area contributed by atoms with Gasteiger partial charge in [-0.15, -0.1) is 0 Å². The Balaban J connectivity index is 3.21. The minimum absolute atomic E-state index is 0.0236. The minimum Gasteiger partial charge on any atom is -0.426 e. The molecule has 0 unspecified atom stereocenters. The van der Waals surface area contributed by atoms with Crippen LogP contribution in [0.1, 0.15) is 80.9 Å². The third-order valence-electron chi connectivity index (χ3n) is 7.76. The molecule has 1 rings (SSSR count). The van der Waals surface area contributed by atoms with Gasteiger partial charge in [0.25, 0.3) is 0 Å². The number of carbonyl (C=O) groups is 1. The summed E-state index contributed by atoms with van der Waals surface area (Å²) in [6, 6.07) is 7.51. The Morgan fingerprint density at radius 1 is 0.857 bits per heavy atom. The van der Waals surface area contributed by atoms with Crippen LogP contribution in [0.25, 0.3) is 0 Å². The maximum Gasteiger partial charge on any atom is 0.316 e. The molecule has 0 amide bonds. The molecule has 0 aliphatic heterocycles. The molecule has 1 N–H and O–H groups in total. The Labute approximate surface area is 217 Å². The Morgan fingerprint density at radius 3 is 1.71 bits per heavy atom. The Bertz CT molecular complexity index is 827. The van der Waals surface area contributed by atoms with Crippen LogP contribution in [0.5, 0.6) is 5.75 Å². The lowest BCUT2D eigenvalue weighted by atomic mass is 9.93. The van der Waals surface area contributed by atoms with Gasteiger partial charge in [-0.1, -0.05) is 60.6 Å². The standard InChI is InChI=1S/C28H52O5Si2/c1-20(23(29)19-31-34(11,12)27(5,6)7)24(33-35(13,14)28(8,9)10)21-15-17-22(18-16-21)32-25(30)26(2,3)4/h15-18,20,23-24,29H,19H2,1-14H3/t20-,23+,24-/m0/s1. The van der Waals surface area contributed by atoms with Crippen molar-refractivity contribution in [2.75, 3.05) is 6.61 Å². The molecule has 0 bridgehead atoms. The number of hydrogen-bond acceptors (Lipinski definition) is 5. The van der Waals surface area contributed by atoms with Gasteiger partial charge in [0.05, 0.1) is 24.2 Å². The lowest BCUT2D eigenvalue weighted by Gasteiger charge is -2.42.